The Morgan fingerprint density at radius 1 is 1.24 bits per heavy atom. The zero-order valence-corrected chi connectivity index (χ0v) is 15.1. The van der Waals surface area contributed by atoms with E-state index in [1.807, 2.05) is 0 Å². The molecule has 0 amide bonds. The van der Waals surface area contributed by atoms with E-state index in [-0.39, 0.29) is 5.78 Å². The van der Waals surface area contributed by atoms with Gasteiger partial charge in [0.05, 0.1) is 12.5 Å². The van der Waals surface area contributed by atoms with Gasteiger partial charge in [-0.3, -0.25) is 14.2 Å². The molecule has 25 heavy (non-hydrogen) atoms. The standard InChI is InChI=1S/C16H19N3O5S/c1-10-14(9-17-19(10)3)16(21)24-11(2)15(20)12-5-7-13(8-6-12)18-25(4,22)23/h5-9,11,18H,1-4H3/t11-/m1/s1. The SMILES string of the molecule is Cc1c(C(=O)O[C@H](C)C(=O)c2ccc(NS(C)(=O)=O)cc2)cnn1C. The van der Waals surface area contributed by atoms with Crippen molar-refractivity contribution in [1.82, 2.24) is 9.78 Å². The van der Waals surface area contributed by atoms with Crippen molar-refractivity contribution in [2.24, 2.45) is 7.05 Å². The quantitative estimate of drug-likeness (QED) is 0.614. The van der Waals surface area contributed by atoms with Crippen LogP contribution < -0.4 is 4.72 Å². The van der Waals surface area contributed by atoms with Gasteiger partial charge in [0.25, 0.3) is 0 Å². The van der Waals surface area contributed by atoms with E-state index in [9.17, 15) is 18.0 Å². The van der Waals surface area contributed by atoms with Crippen molar-refractivity contribution in [3.05, 3.63) is 47.3 Å². The molecular formula is C16H19N3O5S. The molecule has 1 aromatic heterocycles. The molecule has 8 nitrogen and oxygen atoms in total. The third-order valence-corrected chi connectivity index (χ3v) is 4.19. The average Bonchev–Trinajstić information content (AvgIpc) is 2.85. The van der Waals surface area contributed by atoms with E-state index in [1.54, 1.807) is 14.0 Å². The number of ketones is 1. The molecular weight excluding hydrogens is 346 g/mol. The van der Waals surface area contributed by atoms with Crippen LogP contribution in [-0.2, 0) is 21.8 Å². The second-order valence-electron chi connectivity index (χ2n) is 5.63. The minimum atomic E-state index is -3.39. The molecule has 9 heteroatoms. The molecule has 134 valence electrons. The molecule has 2 rings (SSSR count). The van der Waals surface area contributed by atoms with Crippen molar-refractivity contribution in [2.75, 3.05) is 11.0 Å². The Balaban J connectivity index is 2.07. The Kier molecular flexibility index (Phi) is 5.27. The van der Waals surface area contributed by atoms with Gasteiger partial charge in [0.2, 0.25) is 15.8 Å². The molecule has 0 bridgehead atoms. The molecule has 1 N–H and O–H groups in total. The number of aryl methyl sites for hydroxylation is 1. The van der Waals surface area contributed by atoms with Gasteiger partial charge in [-0.05, 0) is 38.1 Å². The smallest absolute Gasteiger partial charge is 0.342 e. The van der Waals surface area contributed by atoms with Crippen LogP contribution >= 0.6 is 0 Å². The number of hydrogen-bond acceptors (Lipinski definition) is 6. The van der Waals surface area contributed by atoms with Crippen LogP contribution in [0.2, 0.25) is 0 Å². The fourth-order valence-electron chi connectivity index (χ4n) is 2.13. The molecule has 1 atom stereocenters. The van der Waals surface area contributed by atoms with Gasteiger partial charge < -0.3 is 4.74 Å². The first-order valence-electron chi connectivity index (χ1n) is 7.40. The zero-order chi connectivity index (χ0) is 18.8. The van der Waals surface area contributed by atoms with Gasteiger partial charge in [0.1, 0.15) is 5.56 Å². The molecule has 0 saturated carbocycles. The molecule has 0 aliphatic carbocycles. The van der Waals surface area contributed by atoms with E-state index in [2.05, 4.69) is 9.82 Å². The third kappa shape index (κ3) is 4.66. The monoisotopic (exact) mass is 365 g/mol. The first-order chi connectivity index (χ1) is 11.6. The van der Waals surface area contributed by atoms with Gasteiger partial charge in [-0.1, -0.05) is 0 Å². The highest BCUT2D eigenvalue weighted by Gasteiger charge is 2.22. The molecule has 0 fully saturated rings. The molecule has 0 spiro atoms. The summed E-state index contributed by atoms with van der Waals surface area (Å²) in [6.45, 7) is 3.21. The molecule has 1 heterocycles. The number of Topliss-reactive ketones (excluding diaryl/α,β-unsaturated/α-hetero) is 1. The second-order valence-corrected chi connectivity index (χ2v) is 7.38. The van der Waals surface area contributed by atoms with Gasteiger partial charge >= 0.3 is 5.97 Å². The highest BCUT2D eigenvalue weighted by molar-refractivity contribution is 7.92. The predicted octanol–water partition coefficient (Wildman–Crippen LogP) is 1.53. The van der Waals surface area contributed by atoms with Crippen molar-refractivity contribution in [1.29, 1.82) is 0 Å². The van der Waals surface area contributed by atoms with E-state index >= 15 is 0 Å². The fourth-order valence-corrected chi connectivity index (χ4v) is 2.69. The van der Waals surface area contributed by atoms with Crippen LogP contribution in [0.15, 0.2) is 30.5 Å². The van der Waals surface area contributed by atoms with Crippen molar-refractivity contribution in [2.45, 2.75) is 20.0 Å². The van der Waals surface area contributed by atoms with Crippen LogP contribution in [0.25, 0.3) is 0 Å². The Labute approximate surface area is 145 Å². The number of ether oxygens (including phenoxy) is 1. The highest BCUT2D eigenvalue weighted by atomic mass is 32.2. The Bertz CT molecular complexity index is 900. The second kappa shape index (κ2) is 7.06. The summed E-state index contributed by atoms with van der Waals surface area (Å²) in [6, 6.07) is 5.87. The van der Waals surface area contributed by atoms with Crippen LogP contribution in [0.1, 0.15) is 33.3 Å². The van der Waals surface area contributed by atoms with Gasteiger partial charge in [-0.15, -0.1) is 0 Å². The van der Waals surface area contributed by atoms with Gasteiger partial charge in [0, 0.05) is 24.0 Å². The Morgan fingerprint density at radius 2 is 1.84 bits per heavy atom. The van der Waals surface area contributed by atoms with Crippen molar-refractivity contribution >= 4 is 27.5 Å². The van der Waals surface area contributed by atoms with Crippen molar-refractivity contribution in [3.63, 3.8) is 0 Å². The van der Waals surface area contributed by atoms with Gasteiger partial charge in [0.15, 0.2) is 6.10 Å². The molecule has 0 aliphatic heterocycles. The molecule has 0 radical (unpaired) electrons. The minimum absolute atomic E-state index is 0.301. The number of rotatable bonds is 6. The maximum absolute atomic E-state index is 12.4. The van der Waals surface area contributed by atoms with E-state index in [1.165, 1.54) is 42.1 Å². The molecule has 1 aromatic carbocycles. The summed E-state index contributed by atoms with van der Waals surface area (Å²) in [6.07, 6.45) is 1.44. The van der Waals surface area contributed by atoms with E-state index in [0.29, 0.717) is 22.5 Å². The lowest BCUT2D eigenvalue weighted by atomic mass is 10.1. The summed E-state index contributed by atoms with van der Waals surface area (Å²) in [5, 5.41) is 3.96. The first kappa shape index (κ1) is 18.7. The lowest BCUT2D eigenvalue weighted by Crippen LogP contribution is -2.24. The molecule has 0 aliphatic rings. The topological polar surface area (TPSA) is 107 Å². The normalized spacial score (nSPS) is 12.5. The van der Waals surface area contributed by atoms with Crippen molar-refractivity contribution in [3.8, 4) is 0 Å². The fraction of sp³-hybridized carbons (Fsp3) is 0.312. The summed E-state index contributed by atoms with van der Waals surface area (Å²) in [5.74, 6) is -1.01. The third-order valence-electron chi connectivity index (χ3n) is 3.58. The number of sulfonamides is 1. The van der Waals surface area contributed by atoms with Gasteiger partial charge in [-0.2, -0.15) is 5.10 Å². The summed E-state index contributed by atoms with van der Waals surface area (Å²) < 4.78 is 31.4. The lowest BCUT2D eigenvalue weighted by molar-refractivity contribution is 0.0318. The van der Waals surface area contributed by atoms with Crippen LogP contribution in [0.3, 0.4) is 0 Å². The summed E-state index contributed by atoms with van der Waals surface area (Å²) in [7, 11) is -1.69. The molecule has 0 unspecified atom stereocenters. The van der Waals surface area contributed by atoms with Crippen molar-refractivity contribution < 1.29 is 22.7 Å². The Hall–Kier alpha value is -2.68. The number of carbonyl (C=O) groups excluding carboxylic acids is 2. The highest BCUT2D eigenvalue weighted by Crippen LogP contribution is 2.15. The van der Waals surface area contributed by atoms with Crippen LogP contribution in [0.5, 0.6) is 0 Å². The molecule has 0 saturated heterocycles. The predicted molar refractivity (Wildman–Crippen MR) is 92.1 cm³/mol. The summed E-state index contributed by atoms with van der Waals surface area (Å²) in [4.78, 5) is 24.5. The zero-order valence-electron chi connectivity index (χ0n) is 14.3. The van der Waals surface area contributed by atoms with Gasteiger partial charge in [-0.25, -0.2) is 13.2 Å². The molecule has 2 aromatic rings. The van der Waals surface area contributed by atoms with Crippen LogP contribution in [0.4, 0.5) is 5.69 Å². The number of esters is 1. The number of nitrogens with zero attached hydrogens (tertiary/aromatic N) is 2. The lowest BCUT2D eigenvalue weighted by Gasteiger charge is -2.12. The van der Waals surface area contributed by atoms with Crippen LogP contribution in [0, 0.1) is 6.92 Å². The minimum Gasteiger partial charge on any atom is -0.451 e. The number of benzene rings is 1. The number of hydrogen-bond donors (Lipinski definition) is 1. The maximum atomic E-state index is 12.4. The summed E-state index contributed by atoms with van der Waals surface area (Å²) >= 11 is 0. The number of carbonyl (C=O) groups is 2. The van der Waals surface area contributed by atoms with E-state index in [0.717, 1.165) is 6.26 Å². The number of anilines is 1. The Morgan fingerprint density at radius 3 is 2.32 bits per heavy atom. The van der Waals surface area contributed by atoms with E-state index < -0.39 is 22.1 Å². The van der Waals surface area contributed by atoms with Crippen LogP contribution in [-0.4, -0.2) is 42.3 Å². The largest absolute Gasteiger partial charge is 0.451 e. The number of nitrogens with one attached hydrogen (secondary N) is 1. The van der Waals surface area contributed by atoms with E-state index in [4.69, 9.17) is 4.74 Å². The number of aromatic nitrogens is 2. The summed E-state index contributed by atoms with van der Waals surface area (Å²) in [5.41, 5.74) is 1.59. The average molecular weight is 365 g/mol. The first-order valence-corrected chi connectivity index (χ1v) is 9.29. The maximum Gasteiger partial charge on any atom is 0.342 e.